The summed E-state index contributed by atoms with van der Waals surface area (Å²) in [6.45, 7) is 7.09. The van der Waals surface area contributed by atoms with Crippen LogP contribution in [0.25, 0.3) is 0 Å². The first kappa shape index (κ1) is 20.9. The number of ether oxygens (including phenoxy) is 1. The van der Waals surface area contributed by atoms with E-state index in [0.717, 1.165) is 38.5 Å². The van der Waals surface area contributed by atoms with Gasteiger partial charge in [-0.2, -0.15) is 13.2 Å². The van der Waals surface area contributed by atoms with Crippen molar-refractivity contribution in [1.29, 1.82) is 0 Å². The van der Waals surface area contributed by atoms with Gasteiger partial charge in [0.2, 0.25) is 5.91 Å². The van der Waals surface area contributed by atoms with Gasteiger partial charge in [0.25, 0.3) is 0 Å². The summed E-state index contributed by atoms with van der Waals surface area (Å²) in [7, 11) is 0. The molecule has 2 atom stereocenters. The minimum absolute atomic E-state index is 0.0101. The number of carbonyl (C=O) groups is 1. The van der Waals surface area contributed by atoms with E-state index in [0.29, 0.717) is 31.9 Å². The third-order valence-electron chi connectivity index (χ3n) is 5.31. The van der Waals surface area contributed by atoms with Crippen molar-refractivity contribution >= 4 is 11.6 Å². The number of benzene rings is 1. The van der Waals surface area contributed by atoms with Gasteiger partial charge >= 0.3 is 6.18 Å². The van der Waals surface area contributed by atoms with Crippen LogP contribution in [0.4, 0.5) is 18.9 Å². The van der Waals surface area contributed by atoms with Crippen molar-refractivity contribution in [2.75, 3.05) is 50.8 Å². The first-order chi connectivity index (χ1) is 13.4. The number of nitrogens with one attached hydrogen (secondary N) is 1. The van der Waals surface area contributed by atoms with Gasteiger partial charge in [-0.3, -0.25) is 9.69 Å². The Labute approximate surface area is 163 Å². The Morgan fingerprint density at radius 2 is 2.00 bits per heavy atom. The molecule has 8 heteroatoms. The number of hydrogen-bond acceptors (Lipinski definition) is 4. The van der Waals surface area contributed by atoms with Gasteiger partial charge in [-0.15, -0.1) is 0 Å². The Morgan fingerprint density at radius 3 is 2.68 bits per heavy atom. The fourth-order valence-electron chi connectivity index (χ4n) is 3.60. The van der Waals surface area contributed by atoms with Gasteiger partial charge in [0.1, 0.15) is 0 Å². The average molecular weight is 399 g/mol. The fourth-order valence-corrected chi connectivity index (χ4v) is 3.60. The second kappa shape index (κ2) is 9.13. The zero-order valence-corrected chi connectivity index (χ0v) is 16.2. The van der Waals surface area contributed by atoms with Crippen LogP contribution >= 0.6 is 0 Å². The van der Waals surface area contributed by atoms with E-state index in [1.807, 2.05) is 11.8 Å². The maximum Gasteiger partial charge on any atom is 0.416 e. The molecule has 0 spiro atoms. The highest BCUT2D eigenvalue weighted by molar-refractivity contribution is 5.82. The highest BCUT2D eigenvalue weighted by atomic mass is 19.4. The van der Waals surface area contributed by atoms with E-state index >= 15 is 0 Å². The second-order valence-corrected chi connectivity index (χ2v) is 7.36. The Bertz CT molecular complexity index is 660. The third-order valence-corrected chi connectivity index (χ3v) is 5.31. The van der Waals surface area contributed by atoms with Gasteiger partial charge in [-0.25, -0.2) is 0 Å². The molecule has 2 unspecified atom stereocenters. The molecule has 1 aliphatic carbocycles. The predicted molar refractivity (Wildman–Crippen MR) is 101 cm³/mol. The molecular weight excluding hydrogens is 371 g/mol. The molecule has 2 fully saturated rings. The lowest BCUT2D eigenvalue weighted by atomic mass is 10.1. The normalized spacial score (nSPS) is 22.9. The fraction of sp³-hybridized carbons (Fsp3) is 0.650. The number of hydrogen-bond donors (Lipinski definition) is 1. The van der Waals surface area contributed by atoms with Crippen molar-refractivity contribution in [3.8, 4) is 0 Å². The number of halogens is 3. The molecule has 156 valence electrons. The second-order valence-electron chi connectivity index (χ2n) is 7.36. The Hall–Kier alpha value is -1.80. The van der Waals surface area contributed by atoms with Crippen LogP contribution in [0.1, 0.15) is 25.3 Å². The molecule has 1 aliphatic heterocycles. The maximum atomic E-state index is 12.9. The number of amides is 1. The van der Waals surface area contributed by atoms with E-state index in [-0.39, 0.29) is 17.9 Å². The number of anilines is 1. The predicted octanol–water partition coefficient (Wildman–Crippen LogP) is 2.76. The molecule has 1 saturated carbocycles. The lowest BCUT2D eigenvalue weighted by Gasteiger charge is -2.36. The minimum Gasteiger partial charge on any atom is -0.378 e. The minimum atomic E-state index is -4.31. The van der Waals surface area contributed by atoms with Crippen molar-refractivity contribution in [3.63, 3.8) is 0 Å². The first-order valence-corrected chi connectivity index (χ1v) is 9.92. The summed E-state index contributed by atoms with van der Waals surface area (Å²) in [5, 5.41) is 2.96. The van der Waals surface area contributed by atoms with Gasteiger partial charge in [0.15, 0.2) is 0 Å². The van der Waals surface area contributed by atoms with Crippen LogP contribution in [-0.4, -0.2) is 62.8 Å². The smallest absolute Gasteiger partial charge is 0.378 e. The van der Waals surface area contributed by atoms with Gasteiger partial charge in [-0.05, 0) is 44.5 Å². The summed E-state index contributed by atoms with van der Waals surface area (Å²) in [6.07, 6.45) is -2.54. The van der Waals surface area contributed by atoms with Crippen molar-refractivity contribution < 1.29 is 22.7 Å². The van der Waals surface area contributed by atoms with Crippen LogP contribution in [0, 0.1) is 5.92 Å². The highest BCUT2D eigenvalue weighted by Gasteiger charge is 2.43. The molecule has 0 aromatic heterocycles. The summed E-state index contributed by atoms with van der Waals surface area (Å²) >= 11 is 0. The number of rotatable bonds is 8. The lowest BCUT2D eigenvalue weighted by Crippen LogP contribution is -2.47. The SMILES string of the molecule is CCOC1CC1C(=O)NCCCN1CCN(c2cccc(C(F)(F)F)c2)CC1. The Kier molecular flexibility index (Phi) is 6.82. The van der Waals surface area contributed by atoms with Crippen LogP contribution in [0.3, 0.4) is 0 Å². The third kappa shape index (κ3) is 5.61. The van der Waals surface area contributed by atoms with Crippen LogP contribution in [0.2, 0.25) is 0 Å². The molecule has 1 aromatic rings. The van der Waals surface area contributed by atoms with Crippen molar-refractivity contribution in [3.05, 3.63) is 29.8 Å². The molecule has 1 aromatic carbocycles. The molecule has 1 heterocycles. The van der Waals surface area contributed by atoms with E-state index in [2.05, 4.69) is 10.2 Å². The standard InChI is InChI=1S/C20H28F3N3O2/c1-2-28-18-14-17(18)19(27)24-7-4-8-25-9-11-26(12-10-25)16-6-3-5-15(13-16)20(21,22)23/h3,5-6,13,17-18H,2,4,7-12,14H2,1H3,(H,24,27). The molecule has 0 bridgehead atoms. The molecule has 0 radical (unpaired) electrons. The van der Waals surface area contributed by atoms with Crippen molar-refractivity contribution in [1.82, 2.24) is 10.2 Å². The van der Waals surface area contributed by atoms with Crippen LogP contribution < -0.4 is 10.2 Å². The zero-order chi connectivity index (χ0) is 20.1. The topological polar surface area (TPSA) is 44.8 Å². The number of nitrogens with zero attached hydrogens (tertiary/aromatic N) is 2. The molecule has 28 heavy (non-hydrogen) atoms. The van der Waals surface area contributed by atoms with E-state index < -0.39 is 11.7 Å². The maximum absolute atomic E-state index is 12.9. The molecule has 5 nitrogen and oxygen atoms in total. The first-order valence-electron chi connectivity index (χ1n) is 9.92. The molecule has 1 saturated heterocycles. The highest BCUT2D eigenvalue weighted by Crippen LogP contribution is 2.34. The monoisotopic (exact) mass is 399 g/mol. The average Bonchev–Trinajstić information content (AvgIpc) is 3.45. The van der Waals surface area contributed by atoms with E-state index in [9.17, 15) is 18.0 Å². The number of carbonyl (C=O) groups excluding carboxylic acids is 1. The summed E-state index contributed by atoms with van der Waals surface area (Å²) in [5.41, 5.74) is 0.0143. The quantitative estimate of drug-likeness (QED) is 0.683. The van der Waals surface area contributed by atoms with Gasteiger partial charge < -0.3 is 15.0 Å². The molecule has 1 N–H and O–H groups in total. The van der Waals surface area contributed by atoms with Gasteiger partial charge in [-0.1, -0.05) is 6.07 Å². The Balaban J connectivity index is 1.34. The summed E-state index contributed by atoms with van der Waals surface area (Å²) in [5.74, 6) is 0.0868. The lowest BCUT2D eigenvalue weighted by molar-refractivity contribution is -0.137. The van der Waals surface area contributed by atoms with E-state index in [1.54, 1.807) is 6.07 Å². The van der Waals surface area contributed by atoms with E-state index in [1.165, 1.54) is 12.1 Å². The van der Waals surface area contributed by atoms with Crippen LogP contribution in [0.5, 0.6) is 0 Å². The zero-order valence-electron chi connectivity index (χ0n) is 16.2. The summed E-state index contributed by atoms with van der Waals surface area (Å²) in [6, 6.07) is 5.52. The summed E-state index contributed by atoms with van der Waals surface area (Å²) in [4.78, 5) is 16.2. The number of piperazine rings is 1. The van der Waals surface area contributed by atoms with Crippen LogP contribution in [-0.2, 0) is 15.7 Å². The van der Waals surface area contributed by atoms with Gasteiger partial charge in [0, 0.05) is 45.0 Å². The molecule has 1 amide bonds. The molecular formula is C20H28F3N3O2. The largest absolute Gasteiger partial charge is 0.416 e. The van der Waals surface area contributed by atoms with Crippen molar-refractivity contribution in [2.24, 2.45) is 5.92 Å². The molecule has 2 aliphatic rings. The van der Waals surface area contributed by atoms with E-state index in [4.69, 9.17) is 4.74 Å². The molecule has 3 rings (SSSR count). The van der Waals surface area contributed by atoms with Gasteiger partial charge in [0.05, 0.1) is 17.6 Å². The number of alkyl halides is 3. The Morgan fingerprint density at radius 1 is 1.25 bits per heavy atom. The van der Waals surface area contributed by atoms with Crippen LogP contribution in [0.15, 0.2) is 24.3 Å². The van der Waals surface area contributed by atoms with Crippen molar-refractivity contribution in [2.45, 2.75) is 32.0 Å². The summed E-state index contributed by atoms with van der Waals surface area (Å²) < 4.78 is 44.1.